The van der Waals surface area contributed by atoms with Gasteiger partial charge in [0.05, 0.1) is 18.7 Å². The maximum atomic E-state index is 13.0. The number of ether oxygens (including phenoxy) is 2. The third kappa shape index (κ3) is 4.24. The van der Waals surface area contributed by atoms with E-state index < -0.39 is 17.7 Å². The van der Waals surface area contributed by atoms with Crippen LogP contribution in [0.25, 0.3) is 5.76 Å². The van der Waals surface area contributed by atoms with E-state index in [1.807, 2.05) is 24.3 Å². The van der Waals surface area contributed by atoms with Crippen LogP contribution in [0, 0.1) is 0 Å². The molecule has 1 heterocycles. The van der Waals surface area contributed by atoms with Crippen molar-refractivity contribution in [2.75, 3.05) is 27.4 Å². The van der Waals surface area contributed by atoms with Gasteiger partial charge in [-0.2, -0.15) is 0 Å². The minimum Gasteiger partial charge on any atom is -0.507 e. The number of methoxy groups -OCH3 is 2. The van der Waals surface area contributed by atoms with E-state index in [9.17, 15) is 14.7 Å². The maximum absolute atomic E-state index is 13.0. The van der Waals surface area contributed by atoms with Crippen LogP contribution in [-0.2, 0) is 20.7 Å². The van der Waals surface area contributed by atoms with Crippen LogP contribution < -0.4 is 4.74 Å². The number of benzene rings is 2. The zero-order chi connectivity index (χ0) is 21.7. The molecule has 0 saturated carbocycles. The van der Waals surface area contributed by atoms with E-state index in [2.05, 4.69) is 6.92 Å². The van der Waals surface area contributed by atoms with Gasteiger partial charge in [-0.1, -0.05) is 43.3 Å². The Kier molecular flexibility index (Phi) is 6.90. The second kappa shape index (κ2) is 9.59. The number of rotatable bonds is 8. The Bertz CT molecular complexity index is 948. The Balaban J connectivity index is 2.11. The molecule has 1 N–H and O–H groups in total. The lowest BCUT2D eigenvalue weighted by Crippen LogP contribution is -2.31. The molecule has 0 aromatic heterocycles. The van der Waals surface area contributed by atoms with Crippen molar-refractivity contribution in [3.63, 3.8) is 0 Å². The van der Waals surface area contributed by atoms with Gasteiger partial charge in [0.15, 0.2) is 0 Å². The Morgan fingerprint density at radius 1 is 1.10 bits per heavy atom. The molecule has 0 spiro atoms. The number of likely N-dealkylation sites (tertiary alicyclic amines) is 1. The first kappa shape index (κ1) is 21.6. The third-order valence-corrected chi connectivity index (χ3v) is 5.33. The summed E-state index contributed by atoms with van der Waals surface area (Å²) in [6.45, 7) is 2.89. The standard InChI is InChI=1S/C24H27NO5/c1-4-16-9-11-17(12-10-16)21-20(22(26)18-7-5-8-19(15-18)30-3)23(27)24(28)25(21)13-6-14-29-2/h5,7-12,15,21,26H,4,6,13-14H2,1-3H3/b22-20-. The Hall–Kier alpha value is -3.12. The van der Waals surface area contributed by atoms with E-state index in [0.717, 1.165) is 17.5 Å². The van der Waals surface area contributed by atoms with E-state index in [4.69, 9.17) is 9.47 Å². The molecule has 1 unspecified atom stereocenters. The first-order chi connectivity index (χ1) is 14.5. The molecule has 1 amide bonds. The zero-order valence-corrected chi connectivity index (χ0v) is 17.6. The molecule has 158 valence electrons. The summed E-state index contributed by atoms with van der Waals surface area (Å²) in [4.78, 5) is 27.3. The summed E-state index contributed by atoms with van der Waals surface area (Å²) in [5.74, 6) is -0.944. The number of hydrogen-bond acceptors (Lipinski definition) is 5. The molecule has 0 bridgehead atoms. The van der Waals surface area contributed by atoms with Crippen LogP contribution in [0.3, 0.4) is 0 Å². The lowest BCUT2D eigenvalue weighted by molar-refractivity contribution is -0.140. The monoisotopic (exact) mass is 409 g/mol. The quantitative estimate of drug-likeness (QED) is 0.311. The van der Waals surface area contributed by atoms with E-state index in [1.165, 1.54) is 12.0 Å². The van der Waals surface area contributed by atoms with E-state index >= 15 is 0 Å². The summed E-state index contributed by atoms with van der Waals surface area (Å²) < 4.78 is 10.3. The van der Waals surface area contributed by atoms with Crippen LogP contribution in [0.2, 0.25) is 0 Å². The summed E-state index contributed by atoms with van der Waals surface area (Å²) in [6.07, 6.45) is 1.48. The number of nitrogens with zero attached hydrogens (tertiary/aromatic N) is 1. The number of aryl methyl sites for hydroxylation is 1. The van der Waals surface area contributed by atoms with Crippen molar-refractivity contribution in [1.29, 1.82) is 0 Å². The van der Waals surface area contributed by atoms with Crippen molar-refractivity contribution in [2.24, 2.45) is 0 Å². The molecule has 1 saturated heterocycles. The molecular weight excluding hydrogens is 382 g/mol. The van der Waals surface area contributed by atoms with Gasteiger partial charge in [0.25, 0.3) is 11.7 Å². The van der Waals surface area contributed by atoms with Crippen molar-refractivity contribution in [1.82, 2.24) is 4.90 Å². The minimum atomic E-state index is -0.683. The molecule has 6 heteroatoms. The van der Waals surface area contributed by atoms with E-state index in [-0.39, 0.29) is 11.3 Å². The Morgan fingerprint density at radius 3 is 2.47 bits per heavy atom. The lowest BCUT2D eigenvalue weighted by atomic mass is 9.94. The van der Waals surface area contributed by atoms with Gasteiger partial charge < -0.3 is 19.5 Å². The Labute approximate surface area is 176 Å². The third-order valence-electron chi connectivity index (χ3n) is 5.33. The highest BCUT2D eigenvalue weighted by molar-refractivity contribution is 6.46. The number of amides is 1. The van der Waals surface area contributed by atoms with E-state index in [1.54, 1.807) is 31.4 Å². The molecule has 1 aliphatic heterocycles. The highest BCUT2D eigenvalue weighted by atomic mass is 16.5. The van der Waals surface area contributed by atoms with Gasteiger partial charge in [0, 0.05) is 25.8 Å². The fourth-order valence-electron chi connectivity index (χ4n) is 3.70. The van der Waals surface area contributed by atoms with Gasteiger partial charge >= 0.3 is 0 Å². The first-order valence-corrected chi connectivity index (χ1v) is 10.0. The average Bonchev–Trinajstić information content (AvgIpc) is 3.03. The molecule has 0 radical (unpaired) electrons. The molecular formula is C24H27NO5. The summed E-state index contributed by atoms with van der Waals surface area (Å²) >= 11 is 0. The van der Waals surface area contributed by atoms with Gasteiger partial charge in [0.1, 0.15) is 11.5 Å². The van der Waals surface area contributed by atoms with Crippen molar-refractivity contribution in [3.8, 4) is 5.75 Å². The average molecular weight is 409 g/mol. The normalized spacial score (nSPS) is 18.1. The molecule has 0 aliphatic carbocycles. The van der Waals surface area contributed by atoms with Gasteiger partial charge in [-0.3, -0.25) is 9.59 Å². The molecule has 30 heavy (non-hydrogen) atoms. The highest BCUT2D eigenvalue weighted by Crippen LogP contribution is 2.39. The number of carbonyl (C=O) groups is 2. The van der Waals surface area contributed by atoms with Gasteiger partial charge in [-0.05, 0) is 36.1 Å². The highest BCUT2D eigenvalue weighted by Gasteiger charge is 2.45. The summed E-state index contributed by atoms with van der Waals surface area (Å²) in [5, 5.41) is 11.0. The number of carbonyl (C=O) groups excluding carboxylic acids is 2. The van der Waals surface area contributed by atoms with Crippen molar-refractivity contribution in [3.05, 3.63) is 70.8 Å². The van der Waals surface area contributed by atoms with Gasteiger partial charge in [-0.15, -0.1) is 0 Å². The van der Waals surface area contributed by atoms with Crippen LogP contribution in [0.5, 0.6) is 5.75 Å². The van der Waals surface area contributed by atoms with Crippen molar-refractivity contribution in [2.45, 2.75) is 25.8 Å². The first-order valence-electron chi connectivity index (χ1n) is 10.0. The minimum absolute atomic E-state index is 0.0925. The molecule has 6 nitrogen and oxygen atoms in total. The van der Waals surface area contributed by atoms with Gasteiger partial charge in [-0.25, -0.2) is 0 Å². The number of hydrogen-bond donors (Lipinski definition) is 1. The SMILES string of the molecule is CCc1ccc(C2/C(=C(/O)c3cccc(OC)c3)C(=O)C(=O)N2CCCOC)cc1. The molecule has 1 aliphatic rings. The predicted octanol–water partition coefficient (Wildman–Crippen LogP) is 3.72. The number of Topliss-reactive ketones (excluding diaryl/α,β-unsaturated/α-hetero) is 1. The van der Waals surface area contributed by atoms with Crippen LogP contribution in [-0.4, -0.2) is 49.1 Å². The topological polar surface area (TPSA) is 76.1 Å². The molecule has 1 fully saturated rings. The predicted molar refractivity (Wildman–Crippen MR) is 114 cm³/mol. The van der Waals surface area contributed by atoms with Crippen LogP contribution >= 0.6 is 0 Å². The molecule has 3 rings (SSSR count). The van der Waals surface area contributed by atoms with Crippen molar-refractivity contribution >= 4 is 17.4 Å². The van der Waals surface area contributed by atoms with Crippen LogP contribution in [0.15, 0.2) is 54.1 Å². The second-order valence-electron chi connectivity index (χ2n) is 7.17. The molecule has 2 aromatic carbocycles. The molecule has 1 atom stereocenters. The maximum Gasteiger partial charge on any atom is 0.295 e. The van der Waals surface area contributed by atoms with Crippen LogP contribution in [0.4, 0.5) is 0 Å². The molecule has 2 aromatic rings. The number of aliphatic hydroxyl groups excluding tert-OH is 1. The fraction of sp³-hybridized carbons (Fsp3) is 0.333. The van der Waals surface area contributed by atoms with Crippen LogP contribution in [0.1, 0.15) is 36.1 Å². The summed E-state index contributed by atoms with van der Waals surface area (Å²) in [7, 11) is 3.13. The fourth-order valence-corrected chi connectivity index (χ4v) is 3.70. The van der Waals surface area contributed by atoms with Crippen molar-refractivity contribution < 1.29 is 24.2 Å². The number of ketones is 1. The van der Waals surface area contributed by atoms with E-state index in [0.29, 0.717) is 30.9 Å². The largest absolute Gasteiger partial charge is 0.507 e. The Morgan fingerprint density at radius 2 is 1.83 bits per heavy atom. The summed E-state index contributed by atoms with van der Waals surface area (Å²) in [6, 6.07) is 14.0. The zero-order valence-electron chi connectivity index (χ0n) is 17.6. The lowest BCUT2D eigenvalue weighted by Gasteiger charge is -2.25. The smallest absolute Gasteiger partial charge is 0.295 e. The second-order valence-corrected chi connectivity index (χ2v) is 7.17. The van der Waals surface area contributed by atoms with Gasteiger partial charge in [0.2, 0.25) is 0 Å². The summed E-state index contributed by atoms with van der Waals surface area (Å²) in [5.41, 5.74) is 2.46. The number of aliphatic hydroxyl groups is 1.